The van der Waals surface area contributed by atoms with Gasteiger partial charge in [0.25, 0.3) is 0 Å². The summed E-state index contributed by atoms with van der Waals surface area (Å²) in [6.07, 6.45) is 5.08. The summed E-state index contributed by atoms with van der Waals surface area (Å²) < 4.78 is 46.9. The van der Waals surface area contributed by atoms with Gasteiger partial charge in [-0.25, -0.2) is 8.42 Å². The first-order chi connectivity index (χ1) is 16.5. The predicted molar refractivity (Wildman–Crippen MR) is 126 cm³/mol. The van der Waals surface area contributed by atoms with Crippen molar-refractivity contribution in [1.29, 1.82) is 0 Å². The molecular formula is C24H30N4O5S. The third-order valence-corrected chi connectivity index (χ3v) is 7.91. The van der Waals surface area contributed by atoms with E-state index in [-0.39, 0.29) is 10.9 Å². The Labute approximate surface area is 200 Å². The lowest BCUT2D eigenvalue weighted by molar-refractivity contribution is 0.230. The first kappa shape index (κ1) is 24.0. The normalized spacial score (nSPS) is 16.8. The second-order valence-electron chi connectivity index (χ2n) is 8.15. The van der Waals surface area contributed by atoms with Gasteiger partial charge >= 0.3 is 0 Å². The van der Waals surface area contributed by atoms with Crippen LogP contribution in [0.1, 0.15) is 31.4 Å². The zero-order chi connectivity index (χ0) is 24.0. The summed E-state index contributed by atoms with van der Waals surface area (Å²) >= 11 is 0. The van der Waals surface area contributed by atoms with Gasteiger partial charge < -0.3 is 14.2 Å². The number of aromatic nitrogens is 3. The van der Waals surface area contributed by atoms with Gasteiger partial charge in [0.1, 0.15) is 34.4 Å². The third kappa shape index (κ3) is 5.51. The molecule has 0 amide bonds. The van der Waals surface area contributed by atoms with E-state index in [1.165, 1.54) is 20.3 Å². The minimum atomic E-state index is -3.76. The predicted octanol–water partition coefficient (Wildman–Crippen LogP) is 3.51. The van der Waals surface area contributed by atoms with Crippen LogP contribution in [0.25, 0.3) is 0 Å². The van der Waals surface area contributed by atoms with Gasteiger partial charge in [-0.1, -0.05) is 29.8 Å². The van der Waals surface area contributed by atoms with Crippen molar-refractivity contribution in [1.82, 2.24) is 19.3 Å². The molecule has 0 N–H and O–H groups in total. The first-order valence-electron chi connectivity index (χ1n) is 11.3. The number of piperidine rings is 1. The molecule has 1 unspecified atom stereocenters. The average molecular weight is 487 g/mol. The largest absolute Gasteiger partial charge is 0.497 e. The summed E-state index contributed by atoms with van der Waals surface area (Å²) in [5.74, 6) is 1.55. The Balaban J connectivity index is 1.43. The minimum absolute atomic E-state index is 0.127. The summed E-state index contributed by atoms with van der Waals surface area (Å²) in [7, 11) is -0.778. The van der Waals surface area contributed by atoms with Crippen LogP contribution in [0, 0.1) is 0 Å². The van der Waals surface area contributed by atoms with E-state index in [0.29, 0.717) is 37.6 Å². The smallest absolute Gasteiger partial charge is 0.247 e. The molecule has 2 heterocycles. The summed E-state index contributed by atoms with van der Waals surface area (Å²) in [5.41, 5.74) is 0.720. The molecule has 9 nitrogen and oxygen atoms in total. The number of rotatable bonds is 10. The third-order valence-electron chi connectivity index (χ3n) is 5.94. The molecule has 182 valence electrons. The first-order valence-corrected chi connectivity index (χ1v) is 12.8. The summed E-state index contributed by atoms with van der Waals surface area (Å²) in [6.45, 7) is 1.36. The highest BCUT2D eigenvalue weighted by Crippen LogP contribution is 2.34. The molecule has 0 aliphatic carbocycles. The van der Waals surface area contributed by atoms with Crippen molar-refractivity contribution in [2.24, 2.45) is 0 Å². The summed E-state index contributed by atoms with van der Waals surface area (Å²) in [6, 6.07) is 14.2. The molecule has 1 fully saturated rings. The molecule has 3 aromatic rings. The van der Waals surface area contributed by atoms with Crippen LogP contribution >= 0.6 is 0 Å². The molecule has 1 saturated heterocycles. The molecule has 0 bridgehead atoms. The number of hydrogen-bond acceptors (Lipinski definition) is 7. The highest BCUT2D eigenvalue weighted by atomic mass is 32.2. The van der Waals surface area contributed by atoms with E-state index in [4.69, 9.17) is 14.2 Å². The Morgan fingerprint density at radius 1 is 1.03 bits per heavy atom. The van der Waals surface area contributed by atoms with Gasteiger partial charge in [0.05, 0.1) is 20.4 Å². The van der Waals surface area contributed by atoms with Crippen molar-refractivity contribution < 1.29 is 22.6 Å². The Bertz CT molecular complexity index is 1180. The zero-order valence-electron chi connectivity index (χ0n) is 19.5. The quantitative estimate of drug-likeness (QED) is 0.433. The van der Waals surface area contributed by atoms with Gasteiger partial charge in [0, 0.05) is 25.2 Å². The number of ether oxygens (including phenoxy) is 3. The standard InChI is InChI=1S/C24H30N4O5S/c1-31-22-11-12-23(32-2)24(16-22)34(29,30)28-14-7-6-8-20(28)13-15-27-17-19(25-26-27)18-33-21-9-4-3-5-10-21/h3-5,9-12,16-17,20H,6-8,13-15,18H2,1-2H3. The van der Waals surface area contributed by atoms with Crippen molar-refractivity contribution >= 4 is 10.0 Å². The van der Waals surface area contributed by atoms with Crippen molar-refractivity contribution in [2.75, 3.05) is 20.8 Å². The van der Waals surface area contributed by atoms with E-state index >= 15 is 0 Å². The molecule has 34 heavy (non-hydrogen) atoms. The van der Waals surface area contributed by atoms with E-state index in [0.717, 1.165) is 30.7 Å². The van der Waals surface area contributed by atoms with Gasteiger partial charge in [-0.05, 0) is 43.5 Å². The van der Waals surface area contributed by atoms with Crippen molar-refractivity contribution in [3.05, 3.63) is 60.4 Å². The van der Waals surface area contributed by atoms with Crippen molar-refractivity contribution in [3.8, 4) is 17.2 Å². The fourth-order valence-electron chi connectivity index (χ4n) is 4.16. The molecular weight excluding hydrogens is 456 g/mol. The van der Waals surface area contributed by atoms with E-state index in [2.05, 4.69) is 10.3 Å². The van der Waals surface area contributed by atoms with Crippen LogP contribution < -0.4 is 14.2 Å². The molecule has 1 aliphatic rings. The van der Waals surface area contributed by atoms with Crippen LogP contribution in [-0.2, 0) is 23.2 Å². The maximum Gasteiger partial charge on any atom is 0.247 e. The van der Waals surface area contributed by atoms with Gasteiger partial charge in [-0.3, -0.25) is 4.68 Å². The number of sulfonamides is 1. The fraction of sp³-hybridized carbons (Fsp3) is 0.417. The lowest BCUT2D eigenvalue weighted by Crippen LogP contribution is -2.44. The molecule has 1 atom stereocenters. The Morgan fingerprint density at radius 2 is 1.85 bits per heavy atom. The van der Waals surface area contributed by atoms with Crippen molar-refractivity contribution in [3.63, 3.8) is 0 Å². The highest BCUT2D eigenvalue weighted by Gasteiger charge is 2.35. The molecule has 10 heteroatoms. The number of methoxy groups -OCH3 is 2. The van der Waals surface area contributed by atoms with E-state index < -0.39 is 10.0 Å². The summed E-state index contributed by atoms with van der Waals surface area (Å²) in [4.78, 5) is 0.127. The molecule has 0 radical (unpaired) electrons. The van der Waals surface area contributed by atoms with E-state index in [1.807, 2.05) is 36.5 Å². The number of hydrogen-bond donors (Lipinski definition) is 0. The lowest BCUT2D eigenvalue weighted by atomic mass is 10.0. The molecule has 4 rings (SSSR count). The lowest BCUT2D eigenvalue weighted by Gasteiger charge is -2.35. The maximum atomic E-state index is 13.6. The highest BCUT2D eigenvalue weighted by molar-refractivity contribution is 7.89. The van der Waals surface area contributed by atoms with Crippen LogP contribution in [0.15, 0.2) is 59.6 Å². The number of para-hydroxylation sites is 1. The van der Waals surface area contributed by atoms with Crippen LogP contribution in [0.4, 0.5) is 0 Å². The van der Waals surface area contributed by atoms with Crippen LogP contribution in [0.3, 0.4) is 0 Å². The van der Waals surface area contributed by atoms with Gasteiger partial charge in [-0.2, -0.15) is 4.31 Å². The topological polar surface area (TPSA) is 95.8 Å². The second kappa shape index (κ2) is 10.9. The number of aryl methyl sites for hydroxylation is 1. The zero-order valence-corrected chi connectivity index (χ0v) is 20.3. The van der Waals surface area contributed by atoms with Gasteiger partial charge in [0.2, 0.25) is 10.0 Å². The minimum Gasteiger partial charge on any atom is -0.497 e. The molecule has 1 aromatic heterocycles. The Kier molecular flexibility index (Phi) is 7.69. The molecule has 1 aliphatic heterocycles. The summed E-state index contributed by atoms with van der Waals surface area (Å²) in [5, 5.41) is 8.37. The van der Waals surface area contributed by atoms with Gasteiger partial charge in [0.15, 0.2) is 0 Å². The fourth-order valence-corrected chi connectivity index (χ4v) is 6.06. The number of benzene rings is 2. The van der Waals surface area contributed by atoms with E-state index in [9.17, 15) is 8.42 Å². The van der Waals surface area contributed by atoms with Crippen LogP contribution in [0.2, 0.25) is 0 Å². The second-order valence-corrected chi connectivity index (χ2v) is 10.0. The monoisotopic (exact) mass is 486 g/mol. The Morgan fingerprint density at radius 3 is 2.62 bits per heavy atom. The van der Waals surface area contributed by atoms with E-state index in [1.54, 1.807) is 21.1 Å². The number of nitrogens with zero attached hydrogens (tertiary/aromatic N) is 4. The van der Waals surface area contributed by atoms with Crippen LogP contribution in [0.5, 0.6) is 17.2 Å². The Hall–Kier alpha value is -3.11. The maximum absolute atomic E-state index is 13.6. The van der Waals surface area contributed by atoms with Crippen LogP contribution in [-0.4, -0.2) is 54.5 Å². The van der Waals surface area contributed by atoms with Gasteiger partial charge in [-0.15, -0.1) is 5.10 Å². The molecule has 0 spiro atoms. The van der Waals surface area contributed by atoms with Crippen molar-refractivity contribution in [2.45, 2.75) is 49.8 Å². The SMILES string of the molecule is COc1ccc(OC)c(S(=O)(=O)N2CCCCC2CCn2cc(COc3ccccc3)nn2)c1. The molecule has 2 aromatic carbocycles. The molecule has 0 saturated carbocycles. The average Bonchev–Trinajstić information content (AvgIpc) is 3.34.